The van der Waals surface area contributed by atoms with Crippen LogP contribution in [0.25, 0.3) is 6.08 Å². The van der Waals surface area contributed by atoms with Gasteiger partial charge < -0.3 is 9.47 Å². The van der Waals surface area contributed by atoms with Crippen molar-refractivity contribution in [3.05, 3.63) is 59.0 Å². The molecular formula is C18H17NO4S. The summed E-state index contributed by atoms with van der Waals surface area (Å²) in [6.07, 6.45) is 1.32. The summed E-state index contributed by atoms with van der Waals surface area (Å²) in [6.45, 7) is 2.34. The molecule has 6 heteroatoms. The van der Waals surface area contributed by atoms with Crippen LogP contribution in [-0.2, 0) is 9.84 Å². The zero-order chi connectivity index (χ0) is 17.6. The SMILES string of the molecule is CCOc1ccc(/C=C(/C#N)S(=O)(=O)c2ccccc2)cc1OC. The van der Waals surface area contributed by atoms with Gasteiger partial charge in [-0.25, -0.2) is 8.42 Å². The second-order valence-corrected chi connectivity index (χ2v) is 6.70. The summed E-state index contributed by atoms with van der Waals surface area (Å²) in [5.41, 5.74) is 0.534. The molecule has 2 aromatic carbocycles. The number of sulfone groups is 1. The van der Waals surface area contributed by atoms with Gasteiger partial charge in [0, 0.05) is 0 Å². The maximum absolute atomic E-state index is 12.5. The number of rotatable bonds is 6. The van der Waals surface area contributed by atoms with Crippen LogP contribution in [-0.4, -0.2) is 22.1 Å². The lowest BCUT2D eigenvalue weighted by Crippen LogP contribution is -2.03. The normalized spacial score (nSPS) is 11.6. The number of nitriles is 1. The van der Waals surface area contributed by atoms with Crippen molar-refractivity contribution in [2.24, 2.45) is 0 Å². The number of hydrogen-bond donors (Lipinski definition) is 0. The van der Waals surface area contributed by atoms with Crippen molar-refractivity contribution in [1.82, 2.24) is 0 Å². The Morgan fingerprint density at radius 3 is 2.46 bits per heavy atom. The number of allylic oxidation sites excluding steroid dienone is 1. The molecule has 0 saturated heterocycles. The van der Waals surface area contributed by atoms with E-state index in [2.05, 4.69) is 0 Å². The molecule has 5 nitrogen and oxygen atoms in total. The van der Waals surface area contributed by atoms with Gasteiger partial charge in [0.05, 0.1) is 18.6 Å². The number of hydrogen-bond acceptors (Lipinski definition) is 5. The van der Waals surface area contributed by atoms with E-state index in [1.807, 2.05) is 6.92 Å². The average Bonchev–Trinajstić information content (AvgIpc) is 2.61. The van der Waals surface area contributed by atoms with Crippen LogP contribution in [0.5, 0.6) is 11.5 Å². The molecule has 0 saturated carbocycles. The van der Waals surface area contributed by atoms with E-state index in [1.165, 1.54) is 25.3 Å². The fraction of sp³-hybridized carbons (Fsp3) is 0.167. The van der Waals surface area contributed by atoms with Gasteiger partial charge in [0.15, 0.2) is 11.5 Å². The molecule has 0 aliphatic heterocycles. The van der Waals surface area contributed by atoms with Gasteiger partial charge in [-0.2, -0.15) is 5.26 Å². The molecule has 0 aliphatic carbocycles. The Bertz CT molecular complexity index is 881. The summed E-state index contributed by atoms with van der Waals surface area (Å²) in [7, 11) is -2.36. The number of ether oxygens (including phenoxy) is 2. The molecule has 0 aromatic heterocycles. The third-order valence-electron chi connectivity index (χ3n) is 3.24. The zero-order valence-corrected chi connectivity index (χ0v) is 14.2. The maximum Gasteiger partial charge on any atom is 0.216 e. The summed E-state index contributed by atoms with van der Waals surface area (Å²) in [5.74, 6) is 1.03. The molecule has 0 N–H and O–H groups in total. The number of methoxy groups -OCH3 is 1. The number of benzene rings is 2. The lowest BCUT2D eigenvalue weighted by atomic mass is 10.2. The molecule has 0 unspecified atom stereocenters. The van der Waals surface area contributed by atoms with Crippen molar-refractivity contribution < 1.29 is 17.9 Å². The molecule has 124 valence electrons. The molecule has 0 spiro atoms. The van der Waals surface area contributed by atoms with E-state index in [-0.39, 0.29) is 9.80 Å². The van der Waals surface area contributed by atoms with Crippen LogP contribution in [0.1, 0.15) is 12.5 Å². The minimum absolute atomic E-state index is 0.0794. The van der Waals surface area contributed by atoms with E-state index in [4.69, 9.17) is 9.47 Å². The molecule has 24 heavy (non-hydrogen) atoms. The molecule has 0 atom stereocenters. The molecule has 0 heterocycles. The summed E-state index contributed by atoms with van der Waals surface area (Å²) >= 11 is 0. The van der Waals surface area contributed by atoms with Crippen molar-refractivity contribution in [1.29, 1.82) is 5.26 Å². The van der Waals surface area contributed by atoms with Crippen molar-refractivity contribution in [3.8, 4) is 17.6 Å². The summed E-state index contributed by atoms with van der Waals surface area (Å²) in [5, 5.41) is 9.30. The second-order valence-electron chi connectivity index (χ2n) is 4.78. The third-order valence-corrected chi connectivity index (χ3v) is 4.92. The minimum atomic E-state index is -3.86. The molecule has 0 aliphatic rings. The van der Waals surface area contributed by atoms with Crippen LogP contribution >= 0.6 is 0 Å². The summed E-state index contributed by atoms with van der Waals surface area (Å²) < 4.78 is 35.7. The van der Waals surface area contributed by atoms with Crippen LogP contribution < -0.4 is 9.47 Å². The molecule has 0 radical (unpaired) electrons. The van der Waals surface area contributed by atoms with Gasteiger partial charge in [0.1, 0.15) is 11.0 Å². The smallest absolute Gasteiger partial charge is 0.216 e. The fourth-order valence-electron chi connectivity index (χ4n) is 2.10. The Kier molecular flexibility index (Phi) is 5.61. The van der Waals surface area contributed by atoms with Crippen molar-refractivity contribution in [3.63, 3.8) is 0 Å². The highest BCUT2D eigenvalue weighted by Gasteiger charge is 2.20. The summed E-state index contributed by atoms with van der Waals surface area (Å²) in [4.78, 5) is -0.254. The van der Waals surface area contributed by atoms with Gasteiger partial charge in [0.25, 0.3) is 0 Å². The average molecular weight is 343 g/mol. The lowest BCUT2D eigenvalue weighted by Gasteiger charge is -2.10. The predicted octanol–water partition coefficient (Wildman–Crippen LogP) is 3.43. The van der Waals surface area contributed by atoms with Crippen LogP contribution in [0, 0.1) is 11.3 Å². The van der Waals surface area contributed by atoms with Crippen LogP contribution in [0.2, 0.25) is 0 Å². The Labute approximate surface area is 141 Å². The van der Waals surface area contributed by atoms with Gasteiger partial charge in [0.2, 0.25) is 9.84 Å². The Hall–Kier alpha value is -2.78. The zero-order valence-electron chi connectivity index (χ0n) is 13.4. The first-order chi connectivity index (χ1) is 11.5. The topological polar surface area (TPSA) is 76.4 Å². The monoisotopic (exact) mass is 343 g/mol. The van der Waals surface area contributed by atoms with E-state index in [9.17, 15) is 13.7 Å². The third kappa shape index (κ3) is 3.76. The van der Waals surface area contributed by atoms with Crippen LogP contribution in [0.15, 0.2) is 58.3 Å². The largest absolute Gasteiger partial charge is 0.493 e. The quantitative estimate of drug-likeness (QED) is 0.751. The molecule has 0 bridgehead atoms. The van der Waals surface area contributed by atoms with E-state index < -0.39 is 9.84 Å². The molecule has 2 aromatic rings. The van der Waals surface area contributed by atoms with E-state index in [1.54, 1.807) is 42.5 Å². The standard InChI is InChI=1S/C18H17NO4S/c1-3-23-17-10-9-14(12-18(17)22-2)11-16(13-19)24(20,21)15-7-5-4-6-8-15/h4-12H,3H2,1-2H3/b16-11-. The lowest BCUT2D eigenvalue weighted by molar-refractivity contribution is 0.311. The molecule has 2 rings (SSSR count). The van der Waals surface area contributed by atoms with Gasteiger partial charge >= 0.3 is 0 Å². The number of nitrogens with zero attached hydrogens (tertiary/aromatic N) is 1. The van der Waals surface area contributed by atoms with Gasteiger partial charge in [-0.15, -0.1) is 0 Å². The van der Waals surface area contributed by atoms with Gasteiger partial charge in [-0.1, -0.05) is 24.3 Å². The van der Waals surface area contributed by atoms with E-state index in [0.29, 0.717) is 23.7 Å². The van der Waals surface area contributed by atoms with Crippen molar-refractivity contribution in [2.75, 3.05) is 13.7 Å². The molecular weight excluding hydrogens is 326 g/mol. The van der Waals surface area contributed by atoms with Gasteiger partial charge in [-0.3, -0.25) is 0 Å². The summed E-state index contributed by atoms with van der Waals surface area (Å²) in [6, 6.07) is 14.6. The Morgan fingerprint density at radius 2 is 1.88 bits per heavy atom. The fourth-order valence-corrected chi connectivity index (χ4v) is 3.28. The van der Waals surface area contributed by atoms with Crippen molar-refractivity contribution in [2.45, 2.75) is 11.8 Å². The van der Waals surface area contributed by atoms with E-state index >= 15 is 0 Å². The first kappa shape index (κ1) is 17.6. The first-order valence-corrected chi connectivity index (χ1v) is 8.74. The van der Waals surface area contributed by atoms with Crippen molar-refractivity contribution >= 4 is 15.9 Å². The Morgan fingerprint density at radius 1 is 1.17 bits per heavy atom. The second kappa shape index (κ2) is 7.66. The van der Waals surface area contributed by atoms with Crippen LogP contribution in [0.4, 0.5) is 0 Å². The van der Waals surface area contributed by atoms with Gasteiger partial charge in [-0.05, 0) is 42.8 Å². The highest BCUT2D eigenvalue weighted by Crippen LogP contribution is 2.30. The van der Waals surface area contributed by atoms with Crippen LogP contribution in [0.3, 0.4) is 0 Å². The maximum atomic E-state index is 12.5. The minimum Gasteiger partial charge on any atom is -0.493 e. The van der Waals surface area contributed by atoms with E-state index in [0.717, 1.165) is 0 Å². The Balaban J connectivity index is 2.47. The highest BCUT2D eigenvalue weighted by atomic mass is 32.2. The highest BCUT2D eigenvalue weighted by molar-refractivity contribution is 7.95. The first-order valence-electron chi connectivity index (χ1n) is 7.25. The molecule has 0 amide bonds. The molecule has 0 fully saturated rings. The predicted molar refractivity (Wildman–Crippen MR) is 91.4 cm³/mol.